The van der Waals surface area contributed by atoms with Gasteiger partial charge in [-0.25, -0.2) is 8.78 Å². The van der Waals surface area contributed by atoms with Crippen LogP contribution >= 0.6 is 0 Å². The van der Waals surface area contributed by atoms with Gasteiger partial charge in [0.05, 0.1) is 17.6 Å². The average Bonchev–Trinajstić information content (AvgIpc) is 3.12. The van der Waals surface area contributed by atoms with E-state index in [0.29, 0.717) is 18.4 Å². The minimum atomic E-state index is -0.817. The van der Waals surface area contributed by atoms with E-state index in [0.717, 1.165) is 19.4 Å². The molecule has 1 aliphatic carbocycles. The molecule has 1 unspecified atom stereocenters. The van der Waals surface area contributed by atoms with Crippen molar-refractivity contribution in [3.63, 3.8) is 0 Å². The molecule has 0 spiro atoms. The predicted molar refractivity (Wildman–Crippen MR) is 69.6 cm³/mol. The Morgan fingerprint density at radius 1 is 1.37 bits per heavy atom. The highest BCUT2D eigenvalue weighted by atomic mass is 19.1. The van der Waals surface area contributed by atoms with Crippen LogP contribution in [0.3, 0.4) is 0 Å². The molecule has 1 aromatic carbocycles. The standard InChI is InChI=1S/C14H17F2N3/c1-14(12-10(15)3-2-4-11(12)16)8-18-13(17)19(14)7-9-5-6-9/h2-4,9H,5-8H2,1H3,(H2,17,18). The molecule has 1 fully saturated rings. The molecule has 1 aliphatic heterocycles. The summed E-state index contributed by atoms with van der Waals surface area (Å²) >= 11 is 0. The van der Waals surface area contributed by atoms with Crippen molar-refractivity contribution in [1.82, 2.24) is 4.90 Å². The fraction of sp³-hybridized carbons (Fsp3) is 0.500. The largest absolute Gasteiger partial charge is 0.370 e. The van der Waals surface area contributed by atoms with Crippen molar-refractivity contribution in [3.8, 4) is 0 Å². The molecule has 3 nitrogen and oxygen atoms in total. The maximum Gasteiger partial charge on any atom is 0.192 e. The van der Waals surface area contributed by atoms with E-state index in [1.165, 1.54) is 18.2 Å². The average molecular weight is 265 g/mol. The number of hydrogen-bond acceptors (Lipinski definition) is 3. The molecule has 0 amide bonds. The second-order valence-corrected chi connectivity index (χ2v) is 5.60. The van der Waals surface area contributed by atoms with E-state index in [4.69, 9.17) is 5.73 Å². The van der Waals surface area contributed by atoms with Crippen LogP contribution in [-0.4, -0.2) is 23.9 Å². The molecule has 0 bridgehead atoms. The van der Waals surface area contributed by atoms with E-state index >= 15 is 0 Å². The molecule has 1 aromatic rings. The van der Waals surface area contributed by atoms with Gasteiger partial charge in [0.1, 0.15) is 11.6 Å². The van der Waals surface area contributed by atoms with Gasteiger partial charge < -0.3 is 10.6 Å². The van der Waals surface area contributed by atoms with Gasteiger partial charge in [-0.15, -0.1) is 0 Å². The van der Waals surface area contributed by atoms with Gasteiger partial charge in [-0.1, -0.05) is 6.07 Å². The second-order valence-electron chi connectivity index (χ2n) is 5.60. The Morgan fingerprint density at radius 2 is 2.00 bits per heavy atom. The number of benzene rings is 1. The Bertz CT molecular complexity index is 519. The third-order valence-electron chi connectivity index (χ3n) is 4.06. The van der Waals surface area contributed by atoms with Crippen LogP contribution < -0.4 is 5.73 Å². The molecular weight excluding hydrogens is 248 g/mol. The van der Waals surface area contributed by atoms with Crippen molar-refractivity contribution in [2.45, 2.75) is 25.3 Å². The lowest BCUT2D eigenvalue weighted by Gasteiger charge is -2.37. The molecule has 0 aromatic heterocycles. The van der Waals surface area contributed by atoms with Gasteiger partial charge in [0, 0.05) is 6.54 Å². The molecule has 102 valence electrons. The Balaban J connectivity index is 2.01. The van der Waals surface area contributed by atoms with Gasteiger partial charge in [-0.2, -0.15) is 0 Å². The lowest BCUT2D eigenvalue weighted by atomic mass is 9.89. The lowest BCUT2D eigenvalue weighted by molar-refractivity contribution is 0.204. The molecule has 2 aliphatic rings. The summed E-state index contributed by atoms with van der Waals surface area (Å²) < 4.78 is 28.1. The first-order chi connectivity index (χ1) is 9.02. The number of guanidine groups is 1. The zero-order valence-corrected chi connectivity index (χ0v) is 10.9. The summed E-state index contributed by atoms with van der Waals surface area (Å²) in [5, 5.41) is 0. The third kappa shape index (κ3) is 1.97. The molecule has 0 radical (unpaired) electrons. The fourth-order valence-corrected chi connectivity index (χ4v) is 2.74. The summed E-state index contributed by atoms with van der Waals surface area (Å²) in [7, 11) is 0. The predicted octanol–water partition coefficient (Wildman–Crippen LogP) is 2.22. The molecule has 19 heavy (non-hydrogen) atoms. The Morgan fingerprint density at radius 3 is 2.58 bits per heavy atom. The summed E-state index contributed by atoms with van der Waals surface area (Å²) in [4.78, 5) is 6.05. The minimum absolute atomic E-state index is 0.0693. The summed E-state index contributed by atoms with van der Waals surface area (Å²) in [5.74, 6) is -0.112. The number of nitrogens with zero attached hydrogens (tertiary/aromatic N) is 2. The highest BCUT2D eigenvalue weighted by Gasteiger charge is 2.44. The summed E-state index contributed by atoms with van der Waals surface area (Å²) in [6.45, 7) is 2.82. The molecule has 2 N–H and O–H groups in total. The first-order valence-corrected chi connectivity index (χ1v) is 6.54. The number of halogens is 2. The van der Waals surface area contributed by atoms with E-state index in [9.17, 15) is 8.78 Å². The first-order valence-electron chi connectivity index (χ1n) is 6.54. The molecule has 5 heteroatoms. The van der Waals surface area contributed by atoms with Crippen molar-refractivity contribution in [1.29, 1.82) is 0 Å². The lowest BCUT2D eigenvalue weighted by Crippen LogP contribution is -2.49. The Hall–Kier alpha value is -1.65. The van der Waals surface area contributed by atoms with Crippen molar-refractivity contribution in [2.24, 2.45) is 16.6 Å². The van der Waals surface area contributed by atoms with E-state index in [1.807, 2.05) is 4.90 Å². The topological polar surface area (TPSA) is 41.6 Å². The molecule has 1 saturated carbocycles. The maximum absolute atomic E-state index is 14.0. The summed E-state index contributed by atoms with van der Waals surface area (Å²) in [5.41, 5.74) is 5.15. The smallest absolute Gasteiger partial charge is 0.192 e. The van der Waals surface area contributed by atoms with Gasteiger partial charge in [0.15, 0.2) is 5.96 Å². The van der Waals surface area contributed by atoms with E-state index in [-0.39, 0.29) is 5.56 Å². The number of hydrogen-bond donors (Lipinski definition) is 1. The van der Waals surface area contributed by atoms with Crippen LogP contribution in [0.15, 0.2) is 23.2 Å². The molecule has 3 rings (SSSR count). The summed E-state index contributed by atoms with van der Waals surface area (Å²) in [6, 6.07) is 3.95. The quantitative estimate of drug-likeness (QED) is 0.910. The Kier molecular flexibility index (Phi) is 2.73. The number of rotatable bonds is 3. The molecule has 0 saturated heterocycles. The van der Waals surface area contributed by atoms with Gasteiger partial charge in [0.2, 0.25) is 0 Å². The molecule has 1 atom stereocenters. The second kappa shape index (κ2) is 4.18. The van der Waals surface area contributed by atoms with Crippen molar-refractivity contribution in [3.05, 3.63) is 35.4 Å². The van der Waals surface area contributed by atoms with Crippen LogP contribution in [0.25, 0.3) is 0 Å². The highest BCUT2D eigenvalue weighted by Crippen LogP contribution is 2.39. The van der Waals surface area contributed by atoms with Gasteiger partial charge in [-0.3, -0.25) is 4.99 Å². The van der Waals surface area contributed by atoms with E-state index < -0.39 is 17.2 Å². The van der Waals surface area contributed by atoms with Crippen LogP contribution in [0.4, 0.5) is 8.78 Å². The first kappa shape index (κ1) is 12.4. The number of aliphatic imine (C=N–C) groups is 1. The minimum Gasteiger partial charge on any atom is -0.370 e. The van der Waals surface area contributed by atoms with Crippen LogP contribution in [-0.2, 0) is 5.54 Å². The van der Waals surface area contributed by atoms with Crippen molar-refractivity contribution < 1.29 is 8.78 Å². The summed E-state index contributed by atoms with van der Waals surface area (Å²) in [6.07, 6.45) is 2.30. The highest BCUT2D eigenvalue weighted by molar-refractivity contribution is 5.81. The van der Waals surface area contributed by atoms with Gasteiger partial charge in [0.25, 0.3) is 0 Å². The van der Waals surface area contributed by atoms with E-state index in [2.05, 4.69) is 4.99 Å². The van der Waals surface area contributed by atoms with Gasteiger partial charge >= 0.3 is 0 Å². The maximum atomic E-state index is 14.0. The van der Waals surface area contributed by atoms with Crippen LogP contribution in [0.5, 0.6) is 0 Å². The SMILES string of the molecule is CC1(c2c(F)cccc2F)CN=C(N)N1CC1CC1. The van der Waals surface area contributed by atoms with Crippen LogP contribution in [0, 0.1) is 17.6 Å². The monoisotopic (exact) mass is 265 g/mol. The van der Waals surface area contributed by atoms with Crippen LogP contribution in [0.2, 0.25) is 0 Å². The Labute approximate surface area is 111 Å². The zero-order valence-electron chi connectivity index (χ0n) is 10.9. The molecular formula is C14H17F2N3. The zero-order chi connectivity index (χ0) is 13.6. The van der Waals surface area contributed by atoms with Crippen LogP contribution in [0.1, 0.15) is 25.3 Å². The normalized spacial score (nSPS) is 26.7. The van der Waals surface area contributed by atoms with E-state index in [1.54, 1.807) is 6.92 Å². The van der Waals surface area contributed by atoms with Crippen molar-refractivity contribution >= 4 is 5.96 Å². The fourth-order valence-electron chi connectivity index (χ4n) is 2.74. The van der Waals surface area contributed by atoms with Crippen molar-refractivity contribution in [2.75, 3.05) is 13.1 Å². The third-order valence-corrected chi connectivity index (χ3v) is 4.06. The van der Waals surface area contributed by atoms with Gasteiger partial charge in [-0.05, 0) is 37.8 Å². The number of nitrogens with two attached hydrogens (primary N) is 1. The molecule has 1 heterocycles.